The summed E-state index contributed by atoms with van der Waals surface area (Å²) in [7, 11) is -3.57. The molecular weight excluding hydrogens is 464 g/mol. The predicted molar refractivity (Wildman–Crippen MR) is 126 cm³/mol. The van der Waals surface area contributed by atoms with E-state index in [0.29, 0.717) is 35.0 Å². The Balaban J connectivity index is 1.43. The Hall–Kier alpha value is -3.15. The lowest BCUT2D eigenvalue weighted by molar-refractivity contribution is -0.384. The molecule has 1 aliphatic heterocycles. The molecule has 2 aromatic carbocycles. The number of non-ortho nitro benzene ring substituents is 1. The maximum Gasteiger partial charge on any atom is 0.269 e. The van der Waals surface area contributed by atoms with Gasteiger partial charge in [-0.25, -0.2) is 13.4 Å². The number of nitro benzene ring substituents is 1. The Labute approximate surface area is 195 Å². The Kier molecular flexibility index (Phi) is 6.82. The molecule has 0 unspecified atom stereocenters. The summed E-state index contributed by atoms with van der Waals surface area (Å²) in [4.78, 5) is 27.5. The largest absolute Gasteiger partial charge is 0.298 e. The summed E-state index contributed by atoms with van der Waals surface area (Å²) in [6.45, 7) is 1.04. The molecule has 3 aromatic rings. The summed E-state index contributed by atoms with van der Waals surface area (Å²) in [6, 6.07) is 11.9. The zero-order valence-electron chi connectivity index (χ0n) is 17.6. The third-order valence-electron chi connectivity index (χ3n) is 5.42. The van der Waals surface area contributed by atoms with Crippen molar-refractivity contribution in [2.75, 3.05) is 18.4 Å². The van der Waals surface area contributed by atoms with E-state index in [4.69, 9.17) is 0 Å². The van der Waals surface area contributed by atoms with E-state index in [1.807, 2.05) is 0 Å². The molecule has 1 amide bonds. The number of carbonyl (C=O) groups is 1. The first-order chi connectivity index (χ1) is 15.8. The molecule has 0 aliphatic carbocycles. The minimum absolute atomic E-state index is 0.0104. The molecule has 0 spiro atoms. The van der Waals surface area contributed by atoms with E-state index in [-0.39, 0.29) is 10.6 Å². The maximum atomic E-state index is 12.9. The fourth-order valence-corrected chi connectivity index (χ4v) is 5.83. The first-order valence-electron chi connectivity index (χ1n) is 10.5. The van der Waals surface area contributed by atoms with Crippen LogP contribution in [0.5, 0.6) is 0 Å². The number of nitrogens with zero attached hydrogens (tertiary/aromatic N) is 3. The van der Waals surface area contributed by atoms with Gasteiger partial charge in [-0.15, -0.1) is 11.3 Å². The van der Waals surface area contributed by atoms with Crippen LogP contribution in [0.1, 0.15) is 36.0 Å². The van der Waals surface area contributed by atoms with Crippen molar-refractivity contribution in [3.05, 3.63) is 69.6 Å². The minimum Gasteiger partial charge on any atom is -0.298 e. The molecule has 33 heavy (non-hydrogen) atoms. The fraction of sp³-hybridized carbons (Fsp3) is 0.273. The number of benzene rings is 2. The molecule has 0 bridgehead atoms. The lowest BCUT2D eigenvalue weighted by Crippen LogP contribution is -2.31. The van der Waals surface area contributed by atoms with Crippen LogP contribution in [0.3, 0.4) is 0 Å². The number of nitrogens with one attached hydrogen (secondary N) is 1. The molecule has 1 fully saturated rings. The quantitative estimate of drug-likeness (QED) is 0.403. The predicted octanol–water partition coefficient (Wildman–Crippen LogP) is 4.54. The van der Waals surface area contributed by atoms with Gasteiger partial charge in [0.1, 0.15) is 0 Å². The van der Waals surface area contributed by atoms with Gasteiger partial charge in [-0.1, -0.05) is 12.8 Å². The highest BCUT2D eigenvalue weighted by Crippen LogP contribution is 2.27. The third-order valence-corrected chi connectivity index (χ3v) is 8.09. The molecule has 11 heteroatoms. The van der Waals surface area contributed by atoms with Gasteiger partial charge in [0.25, 0.3) is 11.6 Å². The van der Waals surface area contributed by atoms with E-state index in [9.17, 15) is 23.3 Å². The van der Waals surface area contributed by atoms with Crippen molar-refractivity contribution in [2.45, 2.75) is 30.6 Å². The van der Waals surface area contributed by atoms with Gasteiger partial charge < -0.3 is 0 Å². The van der Waals surface area contributed by atoms with E-state index >= 15 is 0 Å². The molecule has 1 aromatic heterocycles. The zero-order valence-corrected chi connectivity index (χ0v) is 19.3. The summed E-state index contributed by atoms with van der Waals surface area (Å²) in [5, 5.41) is 15.6. The standard InChI is InChI=1S/C22H22N4O5S2/c27-21(24-22-23-20(15-32-22)16-5-9-18(10-6-16)26(28)29)17-7-11-19(12-8-17)33(30,31)25-13-3-1-2-4-14-25/h5-12,15H,1-4,13-14H2,(H,23,24,27). The number of hydrogen-bond donors (Lipinski definition) is 1. The molecule has 9 nitrogen and oxygen atoms in total. The first kappa shape index (κ1) is 23.0. The Bertz CT molecular complexity index is 1250. The van der Waals surface area contributed by atoms with Crippen LogP contribution in [0.2, 0.25) is 0 Å². The van der Waals surface area contributed by atoms with Crippen LogP contribution >= 0.6 is 11.3 Å². The second kappa shape index (κ2) is 9.77. The second-order valence-corrected chi connectivity index (χ2v) is 10.4. The maximum absolute atomic E-state index is 12.9. The number of aromatic nitrogens is 1. The smallest absolute Gasteiger partial charge is 0.269 e. The molecule has 1 N–H and O–H groups in total. The van der Waals surface area contributed by atoms with Gasteiger partial charge in [0.05, 0.1) is 15.5 Å². The van der Waals surface area contributed by atoms with Crippen molar-refractivity contribution in [1.29, 1.82) is 0 Å². The van der Waals surface area contributed by atoms with Crippen LogP contribution < -0.4 is 5.32 Å². The summed E-state index contributed by atoms with van der Waals surface area (Å²) < 4.78 is 27.3. The van der Waals surface area contributed by atoms with Crippen molar-refractivity contribution in [3.8, 4) is 11.3 Å². The Morgan fingerprint density at radius 2 is 1.64 bits per heavy atom. The van der Waals surface area contributed by atoms with Crippen LogP contribution in [-0.2, 0) is 10.0 Å². The van der Waals surface area contributed by atoms with E-state index in [1.165, 1.54) is 52.0 Å². The summed E-state index contributed by atoms with van der Waals surface area (Å²) in [5.41, 5.74) is 1.59. The second-order valence-electron chi connectivity index (χ2n) is 7.64. The van der Waals surface area contributed by atoms with Gasteiger partial charge in [-0.05, 0) is 49.2 Å². The van der Waals surface area contributed by atoms with Gasteiger partial charge in [0.2, 0.25) is 10.0 Å². The molecule has 0 atom stereocenters. The van der Waals surface area contributed by atoms with Gasteiger partial charge in [-0.3, -0.25) is 20.2 Å². The monoisotopic (exact) mass is 486 g/mol. The number of thiazole rings is 1. The van der Waals surface area contributed by atoms with E-state index in [2.05, 4.69) is 10.3 Å². The van der Waals surface area contributed by atoms with Crippen LogP contribution in [0, 0.1) is 10.1 Å². The summed E-state index contributed by atoms with van der Waals surface area (Å²) in [5.74, 6) is -0.404. The van der Waals surface area contributed by atoms with Gasteiger partial charge in [0.15, 0.2) is 5.13 Å². The van der Waals surface area contributed by atoms with Crippen molar-refractivity contribution < 1.29 is 18.1 Å². The molecule has 0 saturated carbocycles. The SMILES string of the molecule is O=C(Nc1nc(-c2ccc([N+](=O)[O-])cc2)cs1)c1ccc(S(=O)(=O)N2CCCCCC2)cc1. The van der Waals surface area contributed by atoms with Crippen molar-refractivity contribution in [3.63, 3.8) is 0 Å². The first-order valence-corrected chi connectivity index (χ1v) is 12.8. The van der Waals surface area contributed by atoms with Gasteiger partial charge in [-0.2, -0.15) is 4.31 Å². The average Bonchev–Trinajstić information content (AvgIpc) is 3.10. The van der Waals surface area contributed by atoms with Crippen LogP contribution in [-0.4, -0.2) is 41.6 Å². The number of anilines is 1. The molecule has 1 saturated heterocycles. The molecule has 2 heterocycles. The Morgan fingerprint density at radius 3 is 2.24 bits per heavy atom. The highest BCUT2D eigenvalue weighted by molar-refractivity contribution is 7.89. The Morgan fingerprint density at radius 1 is 1.00 bits per heavy atom. The van der Waals surface area contributed by atoms with Crippen molar-refractivity contribution in [2.24, 2.45) is 0 Å². The fourth-order valence-electron chi connectivity index (χ4n) is 3.60. The highest BCUT2D eigenvalue weighted by atomic mass is 32.2. The topological polar surface area (TPSA) is 123 Å². The molecule has 1 aliphatic rings. The minimum atomic E-state index is -3.57. The lowest BCUT2D eigenvalue weighted by atomic mass is 10.1. The molecule has 4 rings (SSSR count). The zero-order chi connectivity index (χ0) is 23.4. The molecule has 0 radical (unpaired) electrons. The summed E-state index contributed by atoms with van der Waals surface area (Å²) >= 11 is 1.23. The number of hydrogen-bond acceptors (Lipinski definition) is 7. The van der Waals surface area contributed by atoms with Gasteiger partial charge >= 0.3 is 0 Å². The van der Waals surface area contributed by atoms with Crippen LogP contribution in [0.15, 0.2) is 58.8 Å². The van der Waals surface area contributed by atoms with Gasteiger partial charge in [0, 0.05) is 41.7 Å². The van der Waals surface area contributed by atoms with Crippen molar-refractivity contribution in [1.82, 2.24) is 9.29 Å². The average molecular weight is 487 g/mol. The highest BCUT2D eigenvalue weighted by Gasteiger charge is 2.25. The van der Waals surface area contributed by atoms with Crippen LogP contribution in [0.4, 0.5) is 10.8 Å². The van der Waals surface area contributed by atoms with Crippen LogP contribution in [0.25, 0.3) is 11.3 Å². The number of nitro groups is 1. The van der Waals surface area contributed by atoms with E-state index in [1.54, 1.807) is 17.5 Å². The number of amides is 1. The lowest BCUT2D eigenvalue weighted by Gasteiger charge is -2.20. The summed E-state index contributed by atoms with van der Waals surface area (Å²) in [6.07, 6.45) is 3.78. The van der Waals surface area contributed by atoms with E-state index < -0.39 is 20.9 Å². The molecular formula is C22H22N4O5S2. The number of sulfonamides is 1. The van der Waals surface area contributed by atoms with E-state index in [0.717, 1.165) is 25.7 Å². The third kappa shape index (κ3) is 5.27. The molecule has 172 valence electrons. The number of carbonyl (C=O) groups excluding carboxylic acids is 1. The van der Waals surface area contributed by atoms with Crippen molar-refractivity contribution >= 4 is 38.1 Å². The normalized spacial score (nSPS) is 15.0. The number of rotatable bonds is 6.